The molecule has 0 N–H and O–H groups in total. The second kappa shape index (κ2) is 19.7. The van der Waals surface area contributed by atoms with E-state index in [-0.39, 0.29) is 0 Å². The van der Waals surface area contributed by atoms with Crippen molar-refractivity contribution in [3.8, 4) is 0 Å². The summed E-state index contributed by atoms with van der Waals surface area (Å²) in [5, 5.41) is 0. The molecule has 1 heteroatoms. The predicted molar refractivity (Wildman–Crippen MR) is 147 cm³/mol. The van der Waals surface area contributed by atoms with Crippen LogP contribution < -0.4 is 0 Å². The summed E-state index contributed by atoms with van der Waals surface area (Å²) in [5.41, 5.74) is 0. The molecule has 0 aromatic rings. The summed E-state index contributed by atoms with van der Waals surface area (Å²) < 4.78 is 5.85. The fourth-order valence-electron chi connectivity index (χ4n) is 6.11. The molecule has 0 saturated heterocycles. The van der Waals surface area contributed by atoms with E-state index in [1.807, 2.05) is 0 Å². The van der Waals surface area contributed by atoms with Gasteiger partial charge in [-0.3, -0.25) is 0 Å². The van der Waals surface area contributed by atoms with E-state index in [4.69, 9.17) is 4.74 Å². The number of allylic oxidation sites excluding steroid dienone is 2. The molecule has 0 heterocycles. The maximum atomic E-state index is 5.85. The van der Waals surface area contributed by atoms with Gasteiger partial charge in [0, 0.05) is 0 Å². The van der Waals surface area contributed by atoms with Crippen LogP contribution in [0.4, 0.5) is 0 Å². The van der Waals surface area contributed by atoms with Gasteiger partial charge in [0.05, 0.1) is 13.2 Å². The highest BCUT2D eigenvalue weighted by atomic mass is 16.5. The lowest BCUT2D eigenvalue weighted by atomic mass is 9.79. The highest BCUT2D eigenvalue weighted by Crippen LogP contribution is 2.33. The first-order valence-corrected chi connectivity index (χ1v) is 15.2. The highest BCUT2D eigenvalue weighted by molar-refractivity contribution is 4.93. The highest BCUT2D eigenvalue weighted by Gasteiger charge is 2.19. The van der Waals surface area contributed by atoms with Gasteiger partial charge in [-0.25, -0.2) is 0 Å². The fourth-order valence-corrected chi connectivity index (χ4v) is 6.11. The Hall–Kier alpha value is -0.560. The van der Waals surface area contributed by atoms with E-state index in [0.29, 0.717) is 0 Å². The quantitative estimate of drug-likeness (QED) is 0.146. The van der Waals surface area contributed by atoms with E-state index in [1.54, 1.807) is 0 Å². The third kappa shape index (κ3) is 14.4. The van der Waals surface area contributed by atoms with Crippen molar-refractivity contribution >= 4 is 0 Å². The van der Waals surface area contributed by atoms with Gasteiger partial charge in [-0.05, 0) is 75.0 Å². The Morgan fingerprint density at radius 3 is 1.30 bits per heavy atom. The molecule has 0 aromatic carbocycles. The van der Waals surface area contributed by atoms with Crippen LogP contribution in [0.2, 0.25) is 0 Å². The Balaban J connectivity index is 1.41. The first-order chi connectivity index (χ1) is 16.3. The van der Waals surface area contributed by atoms with Crippen molar-refractivity contribution < 1.29 is 4.74 Å². The number of rotatable bonds is 18. The topological polar surface area (TPSA) is 9.23 Å². The molecule has 0 unspecified atom stereocenters. The van der Waals surface area contributed by atoms with Gasteiger partial charge >= 0.3 is 0 Å². The van der Waals surface area contributed by atoms with Crippen molar-refractivity contribution in [3.05, 3.63) is 24.3 Å². The molecule has 2 saturated carbocycles. The van der Waals surface area contributed by atoms with E-state index in [1.165, 1.54) is 128 Å². The second-order valence-electron chi connectivity index (χ2n) is 11.4. The minimum Gasteiger partial charge on any atom is -0.373 e. The lowest BCUT2D eigenvalue weighted by Gasteiger charge is -2.26. The maximum absolute atomic E-state index is 5.85. The molecular weight excluding hydrogens is 400 g/mol. The van der Waals surface area contributed by atoms with Gasteiger partial charge in [0.25, 0.3) is 0 Å². The Labute approximate surface area is 208 Å². The first kappa shape index (κ1) is 28.7. The van der Waals surface area contributed by atoms with Crippen molar-refractivity contribution in [1.29, 1.82) is 0 Å². The summed E-state index contributed by atoms with van der Waals surface area (Å²) in [6.07, 6.45) is 38.2. The van der Waals surface area contributed by atoms with Crippen molar-refractivity contribution in [2.45, 2.75) is 142 Å². The largest absolute Gasteiger partial charge is 0.373 e. The van der Waals surface area contributed by atoms with Crippen molar-refractivity contribution in [2.75, 3.05) is 13.2 Å². The first-order valence-electron chi connectivity index (χ1n) is 15.2. The summed E-state index contributed by atoms with van der Waals surface area (Å²) in [7, 11) is 0. The third-order valence-electron chi connectivity index (χ3n) is 8.46. The SMILES string of the molecule is CCCCCCCC1CCC(/C=C/COC/C=C/C2CCC(CCCCCCC)CC2)CC1. The molecule has 0 atom stereocenters. The Bertz CT molecular complexity index is 433. The molecule has 192 valence electrons. The molecule has 0 amide bonds. The van der Waals surface area contributed by atoms with E-state index in [2.05, 4.69) is 38.2 Å². The standard InChI is InChI=1S/C32H58O/c1-3-5-7-9-11-15-29-19-23-31(24-20-29)17-13-27-33-28-14-18-32-25-21-30(22-26-32)16-12-10-8-6-4-2/h13-14,17-18,29-32H,3-12,15-16,19-28H2,1-2H3/b17-13+,18-14+. The smallest absolute Gasteiger partial charge is 0.0651 e. The minimum atomic E-state index is 0.784. The van der Waals surface area contributed by atoms with Crippen LogP contribution in [0.25, 0.3) is 0 Å². The van der Waals surface area contributed by atoms with Gasteiger partial charge in [-0.15, -0.1) is 0 Å². The van der Waals surface area contributed by atoms with Crippen LogP contribution >= 0.6 is 0 Å². The molecule has 0 aliphatic heterocycles. The van der Waals surface area contributed by atoms with E-state index < -0.39 is 0 Å². The van der Waals surface area contributed by atoms with Crippen molar-refractivity contribution in [1.82, 2.24) is 0 Å². The number of hydrogen-bond acceptors (Lipinski definition) is 1. The average Bonchev–Trinajstić information content (AvgIpc) is 2.85. The monoisotopic (exact) mass is 458 g/mol. The Morgan fingerprint density at radius 1 is 0.515 bits per heavy atom. The molecule has 0 bridgehead atoms. The van der Waals surface area contributed by atoms with Gasteiger partial charge in [0.1, 0.15) is 0 Å². The molecular formula is C32H58O. The van der Waals surface area contributed by atoms with E-state index in [9.17, 15) is 0 Å². The van der Waals surface area contributed by atoms with Crippen LogP contribution in [0.3, 0.4) is 0 Å². The molecule has 2 fully saturated rings. The summed E-state index contributed by atoms with van der Waals surface area (Å²) in [4.78, 5) is 0. The molecule has 1 nitrogen and oxygen atoms in total. The predicted octanol–water partition coefficient (Wildman–Crippen LogP) is 10.4. The third-order valence-corrected chi connectivity index (χ3v) is 8.46. The summed E-state index contributed by atoms with van der Waals surface area (Å²) >= 11 is 0. The Morgan fingerprint density at radius 2 is 0.909 bits per heavy atom. The zero-order valence-corrected chi connectivity index (χ0v) is 22.6. The van der Waals surface area contributed by atoms with Crippen molar-refractivity contribution in [3.63, 3.8) is 0 Å². The van der Waals surface area contributed by atoms with Crippen LogP contribution in [-0.2, 0) is 4.74 Å². The van der Waals surface area contributed by atoms with Crippen LogP contribution in [-0.4, -0.2) is 13.2 Å². The summed E-state index contributed by atoms with van der Waals surface area (Å²) in [5.74, 6) is 3.64. The molecule has 0 radical (unpaired) electrons. The van der Waals surface area contributed by atoms with Gasteiger partial charge in [-0.2, -0.15) is 0 Å². The number of hydrogen-bond donors (Lipinski definition) is 0. The summed E-state index contributed by atoms with van der Waals surface area (Å²) in [6.45, 7) is 6.18. The summed E-state index contributed by atoms with van der Waals surface area (Å²) in [6, 6.07) is 0. The van der Waals surface area contributed by atoms with Crippen LogP contribution in [0.15, 0.2) is 24.3 Å². The van der Waals surface area contributed by atoms with Crippen molar-refractivity contribution in [2.24, 2.45) is 23.7 Å². The molecule has 0 spiro atoms. The van der Waals surface area contributed by atoms with Crippen LogP contribution in [0.5, 0.6) is 0 Å². The molecule has 0 aromatic heterocycles. The zero-order valence-electron chi connectivity index (χ0n) is 22.6. The number of unbranched alkanes of at least 4 members (excludes halogenated alkanes) is 8. The van der Waals surface area contributed by atoms with Gasteiger partial charge in [0.15, 0.2) is 0 Å². The van der Waals surface area contributed by atoms with Crippen LogP contribution in [0, 0.1) is 23.7 Å². The molecule has 2 rings (SSSR count). The number of ether oxygens (including phenoxy) is 1. The second-order valence-corrected chi connectivity index (χ2v) is 11.4. The van der Waals surface area contributed by atoms with E-state index >= 15 is 0 Å². The lowest BCUT2D eigenvalue weighted by molar-refractivity contribution is 0.192. The Kier molecular flexibility index (Phi) is 17.1. The van der Waals surface area contributed by atoms with Gasteiger partial charge in [-0.1, -0.05) is 115 Å². The maximum Gasteiger partial charge on any atom is 0.0651 e. The van der Waals surface area contributed by atoms with E-state index in [0.717, 1.165) is 36.9 Å². The average molecular weight is 459 g/mol. The van der Waals surface area contributed by atoms with Gasteiger partial charge < -0.3 is 4.74 Å². The lowest BCUT2D eigenvalue weighted by Crippen LogP contribution is -2.13. The molecule has 2 aliphatic carbocycles. The normalized spacial score (nSPS) is 26.5. The zero-order chi connectivity index (χ0) is 23.4. The molecule has 2 aliphatic rings. The van der Waals surface area contributed by atoms with Gasteiger partial charge in [0.2, 0.25) is 0 Å². The van der Waals surface area contributed by atoms with Crippen LogP contribution in [0.1, 0.15) is 142 Å². The molecule has 33 heavy (non-hydrogen) atoms. The fraction of sp³-hybridized carbons (Fsp3) is 0.875. The minimum absolute atomic E-state index is 0.784.